The molecular weight excluding hydrogens is 337 g/mol. The first-order valence-electron chi connectivity index (χ1n) is 7.55. The first-order chi connectivity index (χ1) is 11.0. The summed E-state index contributed by atoms with van der Waals surface area (Å²) in [5, 5.41) is 4.87. The van der Waals surface area contributed by atoms with Gasteiger partial charge in [0.05, 0.1) is 12.3 Å². The Kier molecular flexibility index (Phi) is 4.87. The smallest absolute Gasteiger partial charge is 0.231 e. The summed E-state index contributed by atoms with van der Waals surface area (Å²) in [6.45, 7) is 3.10. The molecule has 3 rings (SSSR count). The molecule has 0 saturated carbocycles. The van der Waals surface area contributed by atoms with E-state index in [1.54, 1.807) is 25.1 Å². The summed E-state index contributed by atoms with van der Waals surface area (Å²) in [6, 6.07) is 5.26. The molecule has 0 N–H and O–H groups in total. The maximum atomic E-state index is 12.6. The summed E-state index contributed by atoms with van der Waals surface area (Å²) < 4.78 is 5.25. The van der Waals surface area contributed by atoms with Crippen LogP contribution < -0.4 is 0 Å². The molecule has 1 aromatic carbocycles. The van der Waals surface area contributed by atoms with Gasteiger partial charge in [0.2, 0.25) is 11.8 Å². The number of halogens is 2. The Balaban J connectivity index is 1.70. The van der Waals surface area contributed by atoms with Crippen molar-refractivity contribution >= 4 is 29.1 Å². The van der Waals surface area contributed by atoms with Crippen LogP contribution in [0.1, 0.15) is 36.0 Å². The van der Waals surface area contributed by atoms with E-state index < -0.39 is 0 Å². The Morgan fingerprint density at radius 2 is 2.13 bits per heavy atom. The lowest BCUT2D eigenvalue weighted by Crippen LogP contribution is -2.40. The van der Waals surface area contributed by atoms with Crippen LogP contribution in [0.4, 0.5) is 0 Å². The molecule has 1 saturated heterocycles. The van der Waals surface area contributed by atoms with Gasteiger partial charge in [0.1, 0.15) is 0 Å². The highest BCUT2D eigenvalue weighted by atomic mass is 35.5. The van der Waals surface area contributed by atoms with E-state index in [4.69, 9.17) is 27.7 Å². The van der Waals surface area contributed by atoms with Crippen LogP contribution in [0, 0.1) is 6.92 Å². The summed E-state index contributed by atoms with van der Waals surface area (Å²) >= 11 is 12.3. The highest BCUT2D eigenvalue weighted by molar-refractivity contribution is 6.36. The summed E-state index contributed by atoms with van der Waals surface area (Å²) in [4.78, 5) is 18.7. The minimum Gasteiger partial charge on any atom is -0.342 e. The highest BCUT2D eigenvalue weighted by Gasteiger charge is 2.28. The fourth-order valence-electron chi connectivity index (χ4n) is 2.85. The van der Waals surface area contributed by atoms with Crippen LogP contribution in [0.25, 0.3) is 0 Å². The number of piperidine rings is 1. The molecule has 2 aromatic rings. The molecule has 122 valence electrons. The third-order valence-corrected chi connectivity index (χ3v) is 4.76. The van der Waals surface area contributed by atoms with Gasteiger partial charge in [-0.05, 0) is 37.5 Å². The van der Waals surface area contributed by atoms with Gasteiger partial charge in [-0.1, -0.05) is 34.4 Å². The van der Waals surface area contributed by atoms with Crippen LogP contribution >= 0.6 is 23.2 Å². The number of hydrogen-bond donors (Lipinski definition) is 0. The van der Waals surface area contributed by atoms with Gasteiger partial charge in [-0.15, -0.1) is 0 Å². The van der Waals surface area contributed by atoms with E-state index in [1.165, 1.54) is 0 Å². The lowest BCUT2D eigenvalue weighted by molar-refractivity contribution is -0.131. The summed E-state index contributed by atoms with van der Waals surface area (Å²) in [6.07, 6.45) is 2.06. The number of benzene rings is 1. The fourth-order valence-corrected chi connectivity index (χ4v) is 3.38. The molecule has 1 aliphatic rings. The van der Waals surface area contributed by atoms with Crippen molar-refractivity contribution in [2.75, 3.05) is 13.1 Å². The molecule has 2 heterocycles. The molecular formula is C16H17Cl2N3O2. The van der Waals surface area contributed by atoms with Gasteiger partial charge < -0.3 is 9.42 Å². The number of likely N-dealkylation sites (tertiary alicyclic amines) is 1. The second-order valence-corrected chi connectivity index (χ2v) is 6.55. The van der Waals surface area contributed by atoms with Crippen LogP contribution in [-0.4, -0.2) is 34.0 Å². The first-order valence-corrected chi connectivity index (χ1v) is 8.31. The Bertz CT molecular complexity index is 697. The molecule has 7 heteroatoms. The van der Waals surface area contributed by atoms with Gasteiger partial charge in [-0.25, -0.2) is 0 Å². The predicted molar refractivity (Wildman–Crippen MR) is 87.8 cm³/mol. The summed E-state index contributed by atoms with van der Waals surface area (Å²) in [5.41, 5.74) is 0.677. The zero-order valence-corrected chi connectivity index (χ0v) is 14.3. The zero-order valence-electron chi connectivity index (χ0n) is 12.8. The monoisotopic (exact) mass is 353 g/mol. The van der Waals surface area contributed by atoms with Crippen molar-refractivity contribution in [2.45, 2.75) is 32.1 Å². The van der Waals surface area contributed by atoms with Crippen LogP contribution in [0.2, 0.25) is 10.0 Å². The predicted octanol–water partition coefficient (Wildman–Crippen LogP) is 3.63. The highest BCUT2D eigenvalue weighted by Crippen LogP contribution is 2.28. The van der Waals surface area contributed by atoms with Gasteiger partial charge in [-0.3, -0.25) is 4.79 Å². The molecule has 1 aliphatic heterocycles. The number of aromatic nitrogens is 2. The van der Waals surface area contributed by atoms with E-state index >= 15 is 0 Å². The number of aryl methyl sites for hydroxylation is 1. The molecule has 1 atom stereocenters. The topological polar surface area (TPSA) is 59.2 Å². The second kappa shape index (κ2) is 6.89. The normalized spacial score (nSPS) is 18.2. The Morgan fingerprint density at radius 1 is 1.39 bits per heavy atom. The lowest BCUT2D eigenvalue weighted by atomic mass is 9.97. The quantitative estimate of drug-likeness (QED) is 0.845. The number of carbonyl (C=O) groups excluding carboxylic acids is 1. The van der Waals surface area contributed by atoms with Crippen molar-refractivity contribution in [3.63, 3.8) is 0 Å². The summed E-state index contributed by atoms with van der Waals surface area (Å²) in [7, 11) is 0. The standard InChI is InChI=1S/C16H17Cl2N3O2/c1-10-19-16(23-20-10)11-4-3-7-21(9-11)15(22)8-12-13(17)5-2-6-14(12)18/h2,5-6,11H,3-4,7-9H2,1H3. The maximum absolute atomic E-state index is 12.6. The Hall–Kier alpha value is -1.59. The van der Waals surface area contributed by atoms with E-state index in [2.05, 4.69) is 10.1 Å². The fraction of sp³-hybridized carbons (Fsp3) is 0.438. The maximum Gasteiger partial charge on any atom is 0.231 e. The van der Waals surface area contributed by atoms with E-state index in [1.807, 2.05) is 4.90 Å². The molecule has 1 fully saturated rings. The van der Waals surface area contributed by atoms with Crippen molar-refractivity contribution < 1.29 is 9.32 Å². The van der Waals surface area contributed by atoms with E-state index in [9.17, 15) is 4.79 Å². The molecule has 1 aromatic heterocycles. The van der Waals surface area contributed by atoms with Gasteiger partial charge >= 0.3 is 0 Å². The lowest BCUT2D eigenvalue weighted by Gasteiger charge is -2.31. The zero-order chi connectivity index (χ0) is 16.4. The average Bonchev–Trinajstić information content (AvgIpc) is 2.97. The van der Waals surface area contributed by atoms with E-state index in [0.29, 0.717) is 33.9 Å². The summed E-state index contributed by atoms with van der Waals surface area (Å²) in [5.74, 6) is 1.33. The van der Waals surface area contributed by atoms with E-state index in [-0.39, 0.29) is 18.2 Å². The first kappa shape index (κ1) is 16.3. The van der Waals surface area contributed by atoms with Crippen LogP contribution in [-0.2, 0) is 11.2 Å². The van der Waals surface area contributed by atoms with E-state index in [0.717, 1.165) is 19.4 Å². The van der Waals surface area contributed by atoms with Crippen molar-refractivity contribution in [2.24, 2.45) is 0 Å². The molecule has 5 nitrogen and oxygen atoms in total. The van der Waals surface area contributed by atoms with Gasteiger partial charge in [-0.2, -0.15) is 4.98 Å². The molecule has 0 aliphatic carbocycles. The minimum absolute atomic E-state index is 0.0148. The van der Waals surface area contributed by atoms with Crippen LogP contribution in [0.15, 0.2) is 22.7 Å². The molecule has 0 radical (unpaired) electrons. The molecule has 0 spiro atoms. The van der Waals surface area contributed by atoms with Crippen LogP contribution in [0.3, 0.4) is 0 Å². The number of amides is 1. The number of rotatable bonds is 3. The van der Waals surface area contributed by atoms with Crippen molar-refractivity contribution in [3.05, 3.63) is 45.5 Å². The molecule has 1 amide bonds. The van der Waals surface area contributed by atoms with Crippen LogP contribution in [0.5, 0.6) is 0 Å². The molecule has 1 unspecified atom stereocenters. The van der Waals surface area contributed by atoms with Gasteiger partial charge in [0.15, 0.2) is 5.82 Å². The number of carbonyl (C=O) groups is 1. The van der Waals surface area contributed by atoms with Gasteiger partial charge in [0, 0.05) is 23.1 Å². The Labute approximate surface area is 144 Å². The minimum atomic E-state index is 0.0148. The number of nitrogens with zero attached hydrogens (tertiary/aromatic N) is 3. The van der Waals surface area contributed by atoms with Crippen molar-refractivity contribution in [1.82, 2.24) is 15.0 Å². The number of hydrogen-bond acceptors (Lipinski definition) is 4. The molecule has 23 heavy (non-hydrogen) atoms. The third-order valence-electron chi connectivity index (χ3n) is 4.06. The van der Waals surface area contributed by atoms with Crippen molar-refractivity contribution in [3.8, 4) is 0 Å². The largest absolute Gasteiger partial charge is 0.342 e. The van der Waals surface area contributed by atoms with Crippen molar-refractivity contribution in [1.29, 1.82) is 0 Å². The third kappa shape index (κ3) is 3.67. The second-order valence-electron chi connectivity index (χ2n) is 5.74. The molecule has 0 bridgehead atoms. The SMILES string of the molecule is Cc1noc(C2CCCN(C(=O)Cc3c(Cl)cccc3Cl)C2)n1. The average molecular weight is 354 g/mol. The Morgan fingerprint density at radius 3 is 2.78 bits per heavy atom. The van der Waals surface area contributed by atoms with Gasteiger partial charge in [0.25, 0.3) is 0 Å².